The molecule has 1 N–H and O–H groups in total. The lowest BCUT2D eigenvalue weighted by Gasteiger charge is -2.13. The Labute approximate surface area is 135 Å². The SMILES string of the molecule is C[C@H](OC(=O)c1ccc(Cl)s1)C(=O)Nc1cccc(Cl)c1. The summed E-state index contributed by atoms with van der Waals surface area (Å²) in [5.74, 6) is -1.02. The number of benzene rings is 1. The number of hydrogen-bond donors (Lipinski definition) is 1. The summed E-state index contributed by atoms with van der Waals surface area (Å²) in [6.07, 6.45) is -0.933. The molecule has 21 heavy (non-hydrogen) atoms. The third-order valence-corrected chi connectivity index (χ3v) is 3.97. The van der Waals surface area contributed by atoms with Crippen molar-refractivity contribution in [2.75, 3.05) is 5.32 Å². The van der Waals surface area contributed by atoms with Gasteiger partial charge in [-0.25, -0.2) is 4.79 Å². The van der Waals surface area contributed by atoms with Crippen LogP contribution in [0, 0.1) is 0 Å². The van der Waals surface area contributed by atoms with Crippen LogP contribution in [0.5, 0.6) is 0 Å². The Morgan fingerprint density at radius 3 is 2.62 bits per heavy atom. The predicted octanol–water partition coefficient (Wildman–Crippen LogP) is 4.24. The van der Waals surface area contributed by atoms with E-state index in [9.17, 15) is 9.59 Å². The summed E-state index contributed by atoms with van der Waals surface area (Å²) in [5, 5.41) is 3.13. The average molecular weight is 344 g/mol. The van der Waals surface area contributed by atoms with Crippen molar-refractivity contribution in [3.05, 3.63) is 50.6 Å². The summed E-state index contributed by atoms with van der Waals surface area (Å²) >= 11 is 12.7. The van der Waals surface area contributed by atoms with Crippen molar-refractivity contribution >= 4 is 52.1 Å². The van der Waals surface area contributed by atoms with Crippen LogP contribution in [0.1, 0.15) is 16.6 Å². The van der Waals surface area contributed by atoms with Crippen molar-refractivity contribution in [3.63, 3.8) is 0 Å². The topological polar surface area (TPSA) is 55.4 Å². The second-order valence-electron chi connectivity index (χ2n) is 4.15. The second-order valence-corrected chi connectivity index (χ2v) is 6.30. The summed E-state index contributed by atoms with van der Waals surface area (Å²) in [6, 6.07) is 9.85. The molecular weight excluding hydrogens is 333 g/mol. The molecule has 1 atom stereocenters. The minimum atomic E-state index is -0.933. The summed E-state index contributed by atoms with van der Waals surface area (Å²) < 4.78 is 5.57. The van der Waals surface area contributed by atoms with Gasteiger partial charge in [0.25, 0.3) is 5.91 Å². The number of rotatable bonds is 4. The van der Waals surface area contributed by atoms with Crippen LogP contribution >= 0.6 is 34.5 Å². The molecule has 0 bridgehead atoms. The van der Waals surface area contributed by atoms with Gasteiger partial charge in [0.15, 0.2) is 6.10 Å². The summed E-state index contributed by atoms with van der Waals surface area (Å²) in [6.45, 7) is 1.49. The minimum absolute atomic E-state index is 0.349. The molecule has 0 radical (unpaired) electrons. The van der Waals surface area contributed by atoms with Gasteiger partial charge in [-0.05, 0) is 37.3 Å². The number of hydrogen-bond acceptors (Lipinski definition) is 4. The fraction of sp³-hybridized carbons (Fsp3) is 0.143. The van der Waals surface area contributed by atoms with Crippen molar-refractivity contribution < 1.29 is 14.3 Å². The minimum Gasteiger partial charge on any atom is -0.448 e. The molecule has 1 aromatic carbocycles. The van der Waals surface area contributed by atoms with E-state index in [-0.39, 0.29) is 0 Å². The maximum absolute atomic E-state index is 11.9. The molecule has 0 fully saturated rings. The van der Waals surface area contributed by atoms with E-state index < -0.39 is 18.0 Å². The van der Waals surface area contributed by atoms with E-state index in [4.69, 9.17) is 27.9 Å². The van der Waals surface area contributed by atoms with Crippen molar-refractivity contribution in [2.45, 2.75) is 13.0 Å². The van der Waals surface area contributed by atoms with Crippen molar-refractivity contribution in [3.8, 4) is 0 Å². The first kappa shape index (κ1) is 15.8. The molecule has 2 aromatic rings. The maximum atomic E-state index is 11.9. The smallest absolute Gasteiger partial charge is 0.349 e. The number of carbonyl (C=O) groups is 2. The second kappa shape index (κ2) is 6.93. The lowest BCUT2D eigenvalue weighted by molar-refractivity contribution is -0.123. The Morgan fingerprint density at radius 1 is 1.24 bits per heavy atom. The van der Waals surface area contributed by atoms with Crippen LogP contribution in [0.25, 0.3) is 0 Å². The van der Waals surface area contributed by atoms with E-state index in [1.165, 1.54) is 6.92 Å². The van der Waals surface area contributed by atoms with Crippen LogP contribution in [-0.2, 0) is 9.53 Å². The summed E-state index contributed by atoms with van der Waals surface area (Å²) in [7, 11) is 0. The third kappa shape index (κ3) is 4.46. The highest BCUT2D eigenvalue weighted by molar-refractivity contribution is 7.17. The van der Waals surface area contributed by atoms with Gasteiger partial charge in [0, 0.05) is 10.7 Å². The van der Waals surface area contributed by atoms with Crippen LogP contribution in [0.4, 0.5) is 5.69 Å². The van der Waals surface area contributed by atoms with Crippen molar-refractivity contribution in [1.82, 2.24) is 0 Å². The Kier molecular flexibility index (Phi) is 5.22. The summed E-state index contributed by atoms with van der Waals surface area (Å²) in [4.78, 5) is 24.1. The van der Waals surface area contributed by atoms with Crippen LogP contribution in [0.3, 0.4) is 0 Å². The van der Waals surface area contributed by atoms with E-state index in [1.54, 1.807) is 36.4 Å². The molecule has 0 saturated carbocycles. The van der Waals surface area contributed by atoms with E-state index in [0.29, 0.717) is 19.9 Å². The number of carbonyl (C=O) groups excluding carboxylic acids is 2. The fourth-order valence-electron chi connectivity index (χ4n) is 1.51. The molecule has 1 amide bonds. The number of ether oxygens (including phenoxy) is 1. The van der Waals surface area contributed by atoms with Gasteiger partial charge in [-0.1, -0.05) is 29.3 Å². The van der Waals surface area contributed by atoms with E-state index in [2.05, 4.69) is 5.32 Å². The molecular formula is C14H11Cl2NO3S. The maximum Gasteiger partial charge on any atom is 0.349 e. The molecule has 0 spiro atoms. The van der Waals surface area contributed by atoms with Gasteiger partial charge in [0.2, 0.25) is 0 Å². The van der Waals surface area contributed by atoms with E-state index >= 15 is 0 Å². The predicted molar refractivity (Wildman–Crippen MR) is 84.3 cm³/mol. The molecule has 2 rings (SSSR count). The highest BCUT2D eigenvalue weighted by Gasteiger charge is 2.20. The standard InChI is InChI=1S/C14H11Cl2NO3S/c1-8(20-14(19)11-5-6-12(16)21-11)13(18)17-10-4-2-3-9(15)7-10/h2-8H,1H3,(H,17,18)/t8-/m0/s1. The number of nitrogens with one attached hydrogen (secondary N) is 1. The molecule has 4 nitrogen and oxygen atoms in total. The molecule has 0 aliphatic heterocycles. The van der Waals surface area contributed by atoms with Gasteiger partial charge in [-0.3, -0.25) is 4.79 Å². The highest BCUT2D eigenvalue weighted by Crippen LogP contribution is 2.22. The zero-order chi connectivity index (χ0) is 15.4. The van der Waals surface area contributed by atoms with Gasteiger partial charge in [0.05, 0.1) is 4.34 Å². The van der Waals surface area contributed by atoms with Gasteiger partial charge >= 0.3 is 5.97 Å². The average Bonchev–Trinajstić information content (AvgIpc) is 2.85. The largest absolute Gasteiger partial charge is 0.448 e. The molecule has 7 heteroatoms. The van der Waals surface area contributed by atoms with Crippen LogP contribution in [0.2, 0.25) is 9.36 Å². The van der Waals surface area contributed by atoms with Gasteiger partial charge in [-0.15, -0.1) is 11.3 Å². The molecule has 110 valence electrons. The van der Waals surface area contributed by atoms with Gasteiger partial charge < -0.3 is 10.1 Å². The number of esters is 1. The highest BCUT2D eigenvalue weighted by atomic mass is 35.5. The first-order chi connectivity index (χ1) is 9.95. The Balaban J connectivity index is 1.95. The zero-order valence-corrected chi connectivity index (χ0v) is 13.3. The van der Waals surface area contributed by atoms with Crippen LogP contribution in [-0.4, -0.2) is 18.0 Å². The fourth-order valence-corrected chi connectivity index (χ4v) is 2.62. The molecule has 0 unspecified atom stereocenters. The molecule has 0 aliphatic carbocycles. The Hall–Kier alpha value is -1.56. The monoisotopic (exact) mass is 343 g/mol. The molecule has 0 aliphatic rings. The van der Waals surface area contributed by atoms with E-state index in [0.717, 1.165) is 11.3 Å². The van der Waals surface area contributed by atoms with Crippen molar-refractivity contribution in [2.24, 2.45) is 0 Å². The van der Waals surface area contributed by atoms with Gasteiger partial charge in [0.1, 0.15) is 4.88 Å². The molecule has 0 saturated heterocycles. The Bertz CT molecular complexity index is 672. The summed E-state index contributed by atoms with van der Waals surface area (Å²) in [5.41, 5.74) is 0.537. The number of halogens is 2. The lowest BCUT2D eigenvalue weighted by Crippen LogP contribution is -2.29. The zero-order valence-electron chi connectivity index (χ0n) is 10.9. The first-order valence-electron chi connectivity index (χ1n) is 5.98. The van der Waals surface area contributed by atoms with E-state index in [1.807, 2.05) is 0 Å². The quantitative estimate of drug-likeness (QED) is 0.844. The third-order valence-electron chi connectivity index (χ3n) is 2.52. The number of anilines is 1. The van der Waals surface area contributed by atoms with Crippen LogP contribution < -0.4 is 5.32 Å². The number of thiophene rings is 1. The molecule has 1 heterocycles. The first-order valence-corrected chi connectivity index (χ1v) is 7.55. The lowest BCUT2D eigenvalue weighted by atomic mass is 10.3. The normalized spacial score (nSPS) is 11.8. The van der Waals surface area contributed by atoms with Crippen LogP contribution in [0.15, 0.2) is 36.4 Å². The molecule has 1 aromatic heterocycles. The van der Waals surface area contributed by atoms with Gasteiger partial charge in [-0.2, -0.15) is 0 Å². The Morgan fingerprint density at radius 2 is 2.00 bits per heavy atom. The number of amides is 1. The van der Waals surface area contributed by atoms with Crippen molar-refractivity contribution in [1.29, 1.82) is 0 Å².